The van der Waals surface area contributed by atoms with E-state index < -0.39 is 5.91 Å². The molecule has 1 heterocycles. The molecule has 4 nitrogen and oxygen atoms in total. The lowest BCUT2D eigenvalue weighted by atomic mass is 10.3. The van der Waals surface area contributed by atoms with Crippen molar-refractivity contribution in [3.63, 3.8) is 0 Å². The van der Waals surface area contributed by atoms with Gasteiger partial charge in [0, 0.05) is 11.6 Å². The van der Waals surface area contributed by atoms with E-state index in [1.165, 1.54) is 12.1 Å². The van der Waals surface area contributed by atoms with Gasteiger partial charge in [-0.15, -0.1) is 0 Å². The molecular weight excluding hydrogens is 333 g/mol. The molecule has 0 aliphatic carbocycles. The van der Waals surface area contributed by atoms with Gasteiger partial charge in [0.25, 0.3) is 5.91 Å². The number of nitrogens with one attached hydrogen (secondary N) is 2. The summed E-state index contributed by atoms with van der Waals surface area (Å²) in [6, 6.07) is 8.14. The van der Waals surface area contributed by atoms with E-state index in [9.17, 15) is 4.79 Å². The summed E-state index contributed by atoms with van der Waals surface area (Å²) in [5, 5.41) is 6.61. The number of hydrogen-bond donors (Lipinski definition) is 2. The number of halogens is 3. The van der Waals surface area contributed by atoms with Gasteiger partial charge >= 0.3 is 0 Å². The van der Waals surface area contributed by atoms with Gasteiger partial charge < -0.3 is 10.6 Å². The van der Waals surface area contributed by atoms with Crippen LogP contribution in [0.3, 0.4) is 0 Å². The Morgan fingerprint density at radius 1 is 1.19 bits per heavy atom. The number of carbonyl (C=O) groups is 1. The van der Waals surface area contributed by atoms with Gasteiger partial charge in [-0.1, -0.05) is 40.9 Å². The van der Waals surface area contributed by atoms with E-state index in [4.69, 9.17) is 34.8 Å². The van der Waals surface area contributed by atoms with E-state index in [0.29, 0.717) is 23.1 Å². The Labute approximate surface area is 137 Å². The minimum Gasteiger partial charge on any atom is -0.370 e. The third-order valence-corrected chi connectivity index (χ3v) is 3.40. The lowest BCUT2D eigenvalue weighted by Crippen LogP contribution is -2.15. The molecule has 21 heavy (non-hydrogen) atoms. The van der Waals surface area contributed by atoms with Gasteiger partial charge in [-0.05, 0) is 31.2 Å². The molecule has 0 unspecified atom stereocenters. The molecule has 0 aliphatic rings. The minimum atomic E-state index is -0.402. The molecule has 1 aromatic heterocycles. The van der Waals surface area contributed by atoms with Gasteiger partial charge in [0.15, 0.2) is 0 Å². The molecule has 0 spiro atoms. The molecule has 2 rings (SSSR count). The number of nitrogens with zero attached hydrogens (tertiary/aromatic N) is 1. The fraction of sp³-hybridized carbons (Fsp3) is 0.143. The molecule has 7 heteroatoms. The first-order valence-electron chi connectivity index (χ1n) is 6.18. The SMILES string of the molecule is CCNc1cccc(C(=O)Nc2c(Cl)cc(Cl)cc2Cl)n1. The van der Waals surface area contributed by atoms with Crippen molar-refractivity contribution in [3.8, 4) is 0 Å². The number of pyridine rings is 1. The number of benzene rings is 1. The van der Waals surface area contributed by atoms with E-state index in [1.807, 2.05) is 6.92 Å². The lowest BCUT2D eigenvalue weighted by Gasteiger charge is -2.10. The minimum absolute atomic E-state index is 0.260. The molecule has 110 valence electrons. The Morgan fingerprint density at radius 3 is 2.48 bits per heavy atom. The number of hydrogen-bond acceptors (Lipinski definition) is 3. The molecule has 0 radical (unpaired) electrons. The summed E-state index contributed by atoms with van der Waals surface area (Å²) >= 11 is 17.9. The maximum Gasteiger partial charge on any atom is 0.274 e. The van der Waals surface area contributed by atoms with Crippen molar-refractivity contribution in [3.05, 3.63) is 51.1 Å². The molecule has 0 aliphatic heterocycles. The van der Waals surface area contributed by atoms with E-state index in [-0.39, 0.29) is 15.7 Å². The molecule has 1 aromatic carbocycles. The summed E-state index contributed by atoms with van der Waals surface area (Å²) in [4.78, 5) is 16.4. The molecule has 0 saturated heterocycles. The number of aromatic nitrogens is 1. The van der Waals surface area contributed by atoms with Crippen molar-refractivity contribution in [1.29, 1.82) is 0 Å². The van der Waals surface area contributed by atoms with Gasteiger partial charge in [0.2, 0.25) is 0 Å². The van der Waals surface area contributed by atoms with Crippen LogP contribution < -0.4 is 10.6 Å². The topological polar surface area (TPSA) is 54.0 Å². The van der Waals surface area contributed by atoms with Gasteiger partial charge in [-0.3, -0.25) is 4.79 Å². The zero-order valence-electron chi connectivity index (χ0n) is 11.1. The molecule has 0 bridgehead atoms. The van der Waals surface area contributed by atoms with Crippen molar-refractivity contribution in [2.45, 2.75) is 6.92 Å². The summed E-state index contributed by atoms with van der Waals surface area (Å²) in [7, 11) is 0. The van der Waals surface area contributed by atoms with E-state index in [2.05, 4.69) is 15.6 Å². The van der Waals surface area contributed by atoms with Crippen molar-refractivity contribution in [2.24, 2.45) is 0 Å². The normalized spacial score (nSPS) is 10.3. The third kappa shape index (κ3) is 4.00. The summed E-state index contributed by atoms with van der Waals surface area (Å²) in [6.07, 6.45) is 0. The fourth-order valence-corrected chi connectivity index (χ4v) is 2.59. The molecule has 1 amide bonds. The highest BCUT2D eigenvalue weighted by Gasteiger charge is 2.14. The monoisotopic (exact) mass is 343 g/mol. The molecule has 0 fully saturated rings. The largest absolute Gasteiger partial charge is 0.370 e. The summed E-state index contributed by atoms with van der Waals surface area (Å²) in [5.41, 5.74) is 0.568. The van der Waals surface area contributed by atoms with Crippen LogP contribution in [0.15, 0.2) is 30.3 Å². The average molecular weight is 345 g/mol. The third-order valence-electron chi connectivity index (χ3n) is 2.59. The maximum atomic E-state index is 12.2. The number of anilines is 2. The van der Waals surface area contributed by atoms with E-state index in [0.717, 1.165) is 0 Å². The zero-order valence-corrected chi connectivity index (χ0v) is 13.4. The molecule has 2 aromatic rings. The van der Waals surface area contributed by atoms with Crippen LogP contribution >= 0.6 is 34.8 Å². The Bertz CT molecular complexity index is 653. The Hall–Kier alpha value is -1.49. The highest BCUT2D eigenvalue weighted by molar-refractivity contribution is 6.42. The summed E-state index contributed by atoms with van der Waals surface area (Å²) in [6.45, 7) is 2.66. The second kappa shape index (κ2) is 6.98. The summed E-state index contributed by atoms with van der Waals surface area (Å²) in [5.74, 6) is 0.222. The molecular formula is C14H12Cl3N3O. The van der Waals surface area contributed by atoms with Gasteiger partial charge in [-0.2, -0.15) is 0 Å². The first-order valence-corrected chi connectivity index (χ1v) is 7.31. The summed E-state index contributed by atoms with van der Waals surface area (Å²) < 4.78 is 0. The van der Waals surface area contributed by atoms with Crippen LogP contribution in [0.4, 0.5) is 11.5 Å². The van der Waals surface area contributed by atoms with Crippen molar-refractivity contribution >= 4 is 52.2 Å². The maximum absolute atomic E-state index is 12.2. The van der Waals surface area contributed by atoms with Crippen molar-refractivity contribution < 1.29 is 4.79 Å². The van der Waals surface area contributed by atoms with Gasteiger partial charge in [0.1, 0.15) is 11.5 Å². The van der Waals surface area contributed by atoms with Crippen LogP contribution in [0, 0.1) is 0 Å². The van der Waals surface area contributed by atoms with Gasteiger partial charge in [-0.25, -0.2) is 4.98 Å². The van der Waals surface area contributed by atoms with Crippen LogP contribution in [0.1, 0.15) is 17.4 Å². The number of carbonyl (C=O) groups excluding carboxylic acids is 1. The Morgan fingerprint density at radius 2 is 1.86 bits per heavy atom. The second-order valence-electron chi connectivity index (χ2n) is 4.14. The first-order chi connectivity index (χ1) is 10.0. The Balaban J connectivity index is 2.24. The molecule has 2 N–H and O–H groups in total. The highest BCUT2D eigenvalue weighted by atomic mass is 35.5. The van der Waals surface area contributed by atoms with Crippen molar-refractivity contribution in [1.82, 2.24) is 4.98 Å². The lowest BCUT2D eigenvalue weighted by molar-refractivity contribution is 0.102. The second-order valence-corrected chi connectivity index (χ2v) is 5.39. The quantitative estimate of drug-likeness (QED) is 0.843. The fourth-order valence-electron chi connectivity index (χ4n) is 1.68. The number of amides is 1. The van der Waals surface area contributed by atoms with Crippen LogP contribution in [0.2, 0.25) is 15.1 Å². The number of rotatable bonds is 4. The van der Waals surface area contributed by atoms with Crippen LogP contribution in [-0.4, -0.2) is 17.4 Å². The molecule has 0 saturated carbocycles. The van der Waals surface area contributed by atoms with Crippen LogP contribution in [0.25, 0.3) is 0 Å². The smallest absolute Gasteiger partial charge is 0.274 e. The van der Waals surface area contributed by atoms with E-state index in [1.54, 1.807) is 18.2 Å². The van der Waals surface area contributed by atoms with Crippen LogP contribution in [-0.2, 0) is 0 Å². The highest BCUT2D eigenvalue weighted by Crippen LogP contribution is 2.33. The zero-order chi connectivity index (χ0) is 15.4. The Kier molecular flexibility index (Phi) is 5.28. The van der Waals surface area contributed by atoms with Crippen LogP contribution in [0.5, 0.6) is 0 Å². The van der Waals surface area contributed by atoms with Gasteiger partial charge in [0.05, 0.1) is 15.7 Å². The standard InChI is InChI=1S/C14H12Cl3N3O/c1-2-18-12-5-3-4-11(19-12)14(21)20-13-9(16)6-8(15)7-10(13)17/h3-7H,2H2,1H3,(H,18,19)(H,20,21). The average Bonchev–Trinajstić information content (AvgIpc) is 2.43. The van der Waals surface area contributed by atoms with Crippen molar-refractivity contribution in [2.75, 3.05) is 17.2 Å². The first kappa shape index (κ1) is 15.9. The van der Waals surface area contributed by atoms with E-state index >= 15 is 0 Å². The predicted octanol–water partition coefficient (Wildman–Crippen LogP) is 4.73. The predicted molar refractivity (Wildman–Crippen MR) is 87.8 cm³/mol. The molecule has 0 atom stereocenters.